The quantitative estimate of drug-likeness (QED) is 0.639. The molecule has 0 saturated carbocycles. The van der Waals surface area contributed by atoms with E-state index < -0.39 is 0 Å². The zero-order chi connectivity index (χ0) is 11.5. The van der Waals surface area contributed by atoms with Crippen LogP contribution >= 0.6 is 15.9 Å². The third kappa shape index (κ3) is 1.84. The second kappa shape index (κ2) is 4.45. The number of aromatic nitrogens is 1. The van der Waals surface area contributed by atoms with Crippen molar-refractivity contribution in [1.29, 1.82) is 5.26 Å². The molecule has 5 heteroatoms. The number of hydrogen-bond acceptors (Lipinski definition) is 4. The van der Waals surface area contributed by atoms with Crippen LogP contribution in [0.3, 0.4) is 0 Å². The number of oxazole rings is 1. The molecule has 2 aromatic rings. The van der Waals surface area contributed by atoms with Gasteiger partial charge in [-0.15, -0.1) is 0 Å². The van der Waals surface area contributed by atoms with Gasteiger partial charge in [0.15, 0.2) is 5.58 Å². The molecule has 0 amide bonds. The minimum atomic E-state index is -0.209. The van der Waals surface area contributed by atoms with Gasteiger partial charge in [-0.1, -0.05) is 28.1 Å². The van der Waals surface area contributed by atoms with Gasteiger partial charge in [0.05, 0.1) is 17.8 Å². The monoisotopic (exact) mass is 278 g/mol. The second-order valence-electron chi connectivity index (χ2n) is 3.17. The van der Waals surface area contributed by atoms with E-state index in [-0.39, 0.29) is 23.4 Å². The van der Waals surface area contributed by atoms with E-state index >= 15 is 0 Å². The second-order valence-corrected chi connectivity index (χ2v) is 3.74. The van der Waals surface area contributed by atoms with Crippen LogP contribution < -0.4 is 0 Å². The van der Waals surface area contributed by atoms with Crippen molar-refractivity contribution in [3.05, 3.63) is 29.7 Å². The van der Waals surface area contributed by atoms with Gasteiger partial charge < -0.3 is 4.42 Å². The third-order valence-electron chi connectivity index (χ3n) is 2.13. The van der Waals surface area contributed by atoms with E-state index in [4.69, 9.17) is 9.68 Å². The van der Waals surface area contributed by atoms with E-state index in [0.29, 0.717) is 11.1 Å². The Kier molecular flexibility index (Phi) is 3.02. The standard InChI is InChI=1S/C11H7BrN2O2/c12-6-8(15)11-14-10-7(4-5-13)2-1-3-9(10)16-11/h1-3H,4,6H2. The summed E-state index contributed by atoms with van der Waals surface area (Å²) in [5.41, 5.74) is 1.91. The molecule has 0 aliphatic rings. The van der Waals surface area contributed by atoms with Crippen molar-refractivity contribution in [2.75, 3.05) is 5.33 Å². The Morgan fingerprint density at radius 3 is 3.06 bits per heavy atom. The highest BCUT2D eigenvalue weighted by Crippen LogP contribution is 2.20. The average molecular weight is 279 g/mol. The number of hydrogen-bond donors (Lipinski definition) is 0. The topological polar surface area (TPSA) is 66.9 Å². The number of nitrogens with zero attached hydrogens (tertiary/aromatic N) is 2. The number of Topliss-reactive ketones (excluding diaryl/α,β-unsaturated/α-hetero) is 1. The molecule has 0 aliphatic carbocycles. The van der Waals surface area contributed by atoms with Gasteiger partial charge in [-0.2, -0.15) is 5.26 Å². The third-order valence-corrected chi connectivity index (χ3v) is 2.64. The number of fused-ring (bicyclic) bond motifs is 1. The number of halogens is 1. The maximum absolute atomic E-state index is 11.4. The van der Waals surface area contributed by atoms with Crippen LogP contribution in [0.2, 0.25) is 0 Å². The van der Waals surface area contributed by atoms with Crippen LogP contribution in [0.15, 0.2) is 22.6 Å². The minimum absolute atomic E-state index is 0.0808. The molecular weight excluding hydrogens is 272 g/mol. The molecule has 0 spiro atoms. The summed E-state index contributed by atoms with van der Waals surface area (Å²) in [5, 5.41) is 8.83. The van der Waals surface area contributed by atoms with Crippen LogP contribution in [-0.4, -0.2) is 16.1 Å². The van der Waals surface area contributed by atoms with Gasteiger partial charge in [-0.3, -0.25) is 4.79 Å². The van der Waals surface area contributed by atoms with Gasteiger partial charge in [0.1, 0.15) is 5.52 Å². The summed E-state index contributed by atoms with van der Waals surface area (Å²) in [7, 11) is 0. The Bertz CT molecular complexity index is 583. The van der Waals surface area contributed by atoms with Gasteiger partial charge in [0, 0.05) is 0 Å². The van der Waals surface area contributed by atoms with Crippen molar-refractivity contribution in [1.82, 2.24) is 4.98 Å². The fourth-order valence-corrected chi connectivity index (χ4v) is 1.65. The highest BCUT2D eigenvalue weighted by atomic mass is 79.9. The summed E-state index contributed by atoms with van der Waals surface area (Å²) in [5.74, 6) is -0.128. The first-order valence-corrected chi connectivity index (χ1v) is 5.73. The van der Waals surface area contributed by atoms with Crippen molar-refractivity contribution in [2.24, 2.45) is 0 Å². The smallest absolute Gasteiger partial charge is 0.265 e. The number of alkyl halides is 1. The van der Waals surface area contributed by atoms with E-state index in [2.05, 4.69) is 27.0 Å². The predicted octanol–water partition coefficient (Wildman–Crippen LogP) is 2.47. The van der Waals surface area contributed by atoms with E-state index in [9.17, 15) is 4.79 Å². The van der Waals surface area contributed by atoms with Crippen molar-refractivity contribution in [2.45, 2.75) is 6.42 Å². The maximum atomic E-state index is 11.4. The number of para-hydroxylation sites is 1. The minimum Gasteiger partial charge on any atom is -0.434 e. The highest BCUT2D eigenvalue weighted by molar-refractivity contribution is 9.09. The lowest BCUT2D eigenvalue weighted by molar-refractivity contribution is 0.0989. The van der Waals surface area contributed by atoms with Gasteiger partial charge in [0.25, 0.3) is 5.89 Å². The normalized spacial score (nSPS) is 10.2. The molecule has 1 aromatic heterocycles. The van der Waals surface area contributed by atoms with Crippen LogP contribution in [0, 0.1) is 11.3 Å². The predicted molar refractivity (Wildman–Crippen MR) is 61.5 cm³/mol. The Morgan fingerprint density at radius 2 is 2.38 bits per heavy atom. The zero-order valence-corrected chi connectivity index (χ0v) is 9.82. The molecular formula is C11H7BrN2O2. The number of ketones is 1. The zero-order valence-electron chi connectivity index (χ0n) is 8.24. The molecule has 1 heterocycles. The van der Waals surface area contributed by atoms with Crippen molar-refractivity contribution in [3.63, 3.8) is 0 Å². The molecule has 0 atom stereocenters. The average Bonchev–Trinajstić information content (AvgIpc) is 2.73. The SMILES string of the molecule is N#CCc1cccc2oc(C(=O)CBr)nc12. The van der Waals surface area contributed by atoms with E-state index in [1.54, 1.807) is 18.2 Å². The van der Waals surface area contributed by atoms with E-state index in [0.717, 1.165) is 5.56 Å². The first-order valence-electron chi connectivity index (χ1n) is 4.61. The van der Waals surface area contributed by atoms with Crippen molar-refractivity contribution in [3.8, 4) is 6.07 Å². The van der Waals surface area contributed by atoms with Crippen LogP contribution in [0.4, 0.5) is 0 Å². The lowest BCUT2D eigenvalue weighted by atomic mass is 10.1. The van der Waals surface area contributed by atoms with Crippen molar-refractivity contribution >= 4 is 32.8 Å². The van der Waals surface area contributed by atoms with Gasteiger partial charge >= 0.3 is 0 Å². The number of benzene rings is 1. The molecule has 0 radical (unpaired) electrons. The lowest BCUT2D eigenvalue weighted by Gasteiger charge is -1.92. The molecule has 1 aromatic carbocycles. The fourth-order valence-electron chi connectivity index (χ4n) is 1.41. The molecule has 0 bridgehead atoms. The number of carbonyl (C=O) groups is 1. The molecule has 2 rings (SSSR count). The number of carbonyl (C=O) groups excluding carboxylic acids is 1. The number of rotatable bonds is 3. The fraction of sp³-hybridized carbons (Fsp3) is 0.182. The Hall–Kier alpha value is -1.67. The van der Waals surface area contributed by atoms with Crippen molar-refractivity contribution < 1.29 is 9.21 Å². The first kappa shape index (κ1) is 10.8. The Balaban J connectivity index is 2.57. The molecule has 0 unspecified atom stereocenters. The molecule has 80 valence electrons. The summed E-state index contributed by atoms with van der Waals surface area (Å²) in [6.45, 7) is 0. The molecule has 0 aliphatic heterocycles. The molecule has 0 saturated heterocycles. The molecule has 0 fully saturated rings. The van der Waals surface area contributed by atoms with Gasteiger partial charge in [0.2, 0.25) is 5.78 Å². The molecule has 16 heavy (non-hydrogen) atoms. The summed E-state index contributed by atoms with van der Waals surface area (Å²) >= 11 is 3.06. The van der Waals surface area contributed by atoms with E-state index in [1.165, 1.54) is 0 Å². The number of nitriles is 1. The van der Waals surface area contributed by atoms with Crippen LogP contribution in [0.5, 0.6) is 0 Å². The maximum Gasteiger partial charge on any atom is 0.265 e. The summed E-state index contributed by atoms with van der Waals surface area (Å²) in [4.78, 5) is 15.5. The van der Waals surface area contributed by atoms with Gasteiger partial charge in [-0.05, 0) is 11.6 Å². The summed E-state index contributed by atoms with van der Waals surface area (Å²) in [6, 6.07) is 7.37. The molecule has 4 nitrogen and oxygen atoms in total. The lowest BCUT2D eigenvalue weighted by Crippen LogP contribution is -1.99. The largest absolute Gasteiger partial charge is 0.434 e. The van der Waals surface area contributed by atoms with Crippen LogP contribution in [0.1, 0.15) is 16.2 Å². The van der Waals surface area contributed by atoms with Gasteiger partial charge in [-0.25, -0.2) is 4.98 Å². The van der Waals surface area contributed by atoms with E-state index in [1.807, 2.05) is 0 Å². The highest BCUT2D eigenvalue weighted by Gasteiger charge is 2.14. The summed E-state index contributed by atoms with van der Waals surface area (Å²) < 4.78 is 5.31. The van der Waals surface area contributed by atoms with Crippen LogP contribution in [-0.2, 0) is 6.42 Å². The first-order chi connectivity index (χ1) is 7.76. The Morgan fingerprint density at radius 1 is 1.56 bits per heavy atom. The Labute approximate surface area is 100 Å². The summed E-state index contributed by atoms with van der Waals surface area (Å²) in [6.07, 6.45) is 0.256. The van der Waals surface area contributed by atoms with Crippen LogP contribution in [0.25, 0.3) is 11.1 Å². The molecule has 0 N–H and O–H groups in total.